The molecule has 110 valence electrons. The average molecular weight is 292 g/mol. The monoisotopic (exact) mass is 292 g/mol. The van der Waals surface area contributed by atoms with E-state index >= 15 is 0 Å². The molecule has 0 fully saturated rings. The van der Waals surface area contributed by atoms with Gasteiger partial charge in [-0.3, -0.25) is 9.59 Å². The molecular formula is C18H16N2O2. The summed E-state index contributed by atoms with van der Waals surface area (Å²) in [4.78, 5) is 27.4. The largest absolute Gasteiger partial charge is 0.369 e. The molecule has 1 atom stereocenters. The molecule has 0 saturated heterocycles. The van der Waals surface area contributed by atoms with Crippen LogP contribution in [0, 0.1) is 0 Å². The van der Waals surface area contributed by atoms with Gasteiger partial charge in [0.1, 0.15) is 0 Å². The summed E-state index contributed by atoms with van der Waals surface area (Å²) in [5.74, 6) is -1.22. The third kappa shape index (κ3) is 2.63. The van der Waals surface area contributed by atoms with E-state index in [1.165, 1.54) is 0 Å². The lowest BCUT2D eigenvalue weighted by molar-refractivity contribution is -0.119. The Morgan fingerprint density at radius 2 is 1.68 bits per heavy atom. The minimum Gasteiger partial charge on any atom is -0.369 e. The topological polar surface area (TPSA) is 76.0 Å². The van der Waals surface area contributed by atoms with Gasteiger partial charge >= 0.3 is 0 Å². The molecule has 22 heavy (non-hydrogen) atoms. The van der Waals surface area contributed by atoms with Crippen molar-refractivity contribution >= 4 is 22.6 Å². The van der Waals surface area contributed by atoms with Crippen LogP contribution in [-0.4, -0.2) is 16.7 Å². The molecule has 0 bridgehead atoms. The van der Waals surface area contributed by atoms with Gasteiger partial charge in [0.15, 0.2) is 5.78 Å². The van der Waals surface area contributed by atoms with Gasteiger partial charge < -0.3 is 10.7 Å². The van der Waals surface area contributed by atoms with Crippen LogP contribution in [0.2, 0.25) is 0 Å². The summed E-state index contributed by atoms with van der Waals surface area (Å²) in [5.41, 5.74) is 7.83. The number of aromatic nitrogens is 1. The SMILES string of the molecule is NC(=O)C(CC(=O)c1ccccc1)c1c[nH]c2ccccc12. The highest BCUT2D eigenvalue weighted by Crippen LogP contribution is 2.28. The molecule has 0 aliphatic rings. The minimum absolute atomic E-state index is 0.0706. The lowest BCUT2D eigenvalue weighted by Gasteiger charge is -2.12. The Morgan fingerprint density at radius 1 is 1.00 bits per heavy atom. The molecule has 1 heterocycles. The van der Waals surface area contributed by atoms with Crippen molar-refractivity contribution in [3.63, 3.8) is 0 Å². The van der Waals surface area contributed by atoms with Gasteiger partial charge in [-0.1, -0.05) is 48.5 Å². The number of primary amides is 1. The van der Waals surface area contributed by atoms with Crippen LogP contribution in [0.15, 0.2) is 60.8 Å². The Kier molecular flexibility index (Phi) is 3.74. The molecule has 3 rings (SSSR count). The number of para-hydroxylation sites is 1. The van der Waals surface area contributed by atoms with Crippen molar-refractivity contribution in [1.82, 2.24) is 4.98 Å². The van der Waals surface area contributed by atoms with E-state index in [4.69, 9.17) is 5.73 Å². The number of benzene rings is 2. The maximum absolute atomic E-state index is 12.4. The molecule has 4 heteroatoms. The normalized spacial score (nSPS) is 12.2. The van der Waals surface area contributed by atoms with Crippen LogP contribution < -0.4 is 5.73 Å². The van der Waals surface area contributed by atoms with E-state index in [9.17, 15) is 9.59 Å². The molecule has 0 aliphatic carbocycles. The zero-order valence-electron chi connectivity index (χ0n) is 12.0. The maximum atomic E-state index is 12.4. The number of fused-ring (bicyclic) bond motifs is 1. The molecule has 1 unspecified atom stereocenters. The Bertz CT molecular complexity index is 821. The number of amides is 1. The van der Waals surface area contributed by atoms with E-state index in [1.807, 2.05) is 30.3 Å². The number of hydrogen-bond donors (Lipinski definition) is 2. The van der Waals surface area contributed by atoms with Crippen molar-refractivity contribution in [2.45, 2.75) is 12.3 Å². The number of nitrogens with two attached hydrogens (primary N) is 1. The number of carbonyl (C=O) groups is 2. The summed E-state index contributed by atoms with van der Waals surface area (Å²) >= 11 is 0. The van der Waals surface area contributed by atoms with Gasteiger partial charge in [0.25, 0.3) is 0 Å². The fourth-order valence-electron chi connectivity index (χ4n) is 2.67. The summed E-state index contributed by atoms with van der Waals surface area (Å²) in [5, 5.41) is 0.923. The number of hydrogen-bond acceptors (Lipinski definition) is 2. The molecule has 3 N–H and O–H groups in total. The van der Waals surface area contributed by atoms with Gasteiger partial charge in [-0.15, -0.1) is 0 Å². The first-order valence-corrected chi connectivity index (χ1v) is 7.10. The molecule has 0 radical (unpaired) electrons. The van der Waals surface area contributed by atoms with Crippen LogP contribution in [0.4, 0.5) is 0 Å². The van der Waals surface area contributed by atoms with Crippen LogP contribution in [0.3, 0.4) is 0 Å². The average Bonchev–Trinajstić information content (AvgIpc) is 2.96. The predicted octanol–water partition coefficient (Wildman–Crippen LogP) is 3.01. The van der Waals surface area contributed by atoms with E-state index in [-0.39, 0.29) is 12.2 Å². The van der Waals surface area contributed by atoms with E-state index in [0.29, 0.717) is 5.56 Å². The van der Waals surface area contributed by atoms with Crippen LogP contribution in [0.1, 0.15) is 28.3 Å². The second-order valence-electron chi connectivity index (χ2n) is 5.24. The molecule has 0 saturated carbocycles. The second kappa shape index (κ2) is 5.85. The molecule has 4 nitrogen and oxygen atoms in total. The zero-order chi connectivity index (χ0) is 15.5. The lowest BCUT2D eigenvalue weighted by Crippen LogP contribution is -2.23. The first-order valence-electron chi connectivity index (χ1n) is 7.10. The van der Waals surface area contributed by atoms with Gasteiger partial charge in [-0.2, -0.15) is 0 Å². The van der Waals surface area contributed by atoms with Gasteiger partial charge in [0, 0.05) is 29.1 Å². The first kappa shape index (κ1) is 14.1. The fraction of sp³-hybridized carbons (Fsp3) is 0.111. The Balaban J connectivity index is 1.94. The highest BCUT2D eigenvalue weighted by Gasteiger charge is 2.24. The van der Waals surface area contributed by atoms with Crippen LogP contribution in [-0.2, 0) is 4.79 Å². The second-order valence-corrected chi connectivity index (χ2v) is 5.24. The number of nitrogens with one attached hydrogen (secondary N) is 1. The first-order chi connectivity index (χ1) is 10.7. The van der Waals surface area contributed by atoms with Crippen molar-refractivity contribution in [3.05, 3.63) is 71.9 Å². The fourth-order valence-corrected chi connectivity index (χ4v) is 2.67. The van der Waals surface area contributed by atoms with Crippen molar-refractivity contribution < 1.29 is 9.59 Å². The van der Waals surface area contributed by atoms with Gasteiger partial charge in [0.2, 0.25) is 5.91 Å². The van der Waals surface area contributed by atoms with E-state index in [2.05, 4.69) is 4.98 Å². The summed E-state index contributed by atoms with van der Waals surface area (Å²) in [7, 11) is 0. The Labute approximate surface area is 128 Å². The summed E-state index contributed by atoms with van der Waals surface area (Å²) < 4.78 is 0. The van der Waals surface area contributed by atoms with Crippen molar-refractivity contribution in [2.24, 2.45) is 5.73 Å². The predicted molar refractivity (Wildman–Crippen MR) is 85.6 cm³/mol. The molecule has 2 aromatic carbocycles. The van der Waals surface area contributed by atoms with Gasteiger partial charge in [-0.25, -0.2) is 0 Å². The Morgan fingerprint density at radius 3 is 2.41 bits per heavy atom. The number of rotatable bonds is 5. The van der Waals surface area contributed by atoms with Crippen LogP contribution in [0.25, 0.3) is 10.9 Å². The molecule has 0 spiro atoms. The van der Waals surface area contributed by atoms with Crippen molar-refractivity contribution in [1.29, 1.82) is 0 Å². The number of aromatic amines is 1. The van der Waals surface area contributed by atoms with E-state index < -0.39 is 11.8 Å². The van der Waals surface area contributed by atoms with Crippen LogP contribution >= 0.6 is 0 Å². The highest BCUT2D eigenvalue weighted by molar-refractivity contribution is 6.01. The summed E-state index contributed by atoms with van der Waals surface area (Å²) in [6.07, 6.45) is 1.83. The number of Topliss-reactive ketones (excluding diaryl/α,β-unsaturated/α-hetero) is 1. The third-order valence-corrected chi connectivity index (χ3v) is 3.83. The standard InChI is InChI=1S/C18H16N2O2/c19-18(22)14(10-17(21)12-6-2-1-3-7-12)15-11-20-16-9-5-4-8-13(15)16/h1-9,11,14,20H,10H2,(H2,19,22). The third-order valence-electron chi connectivity index (χ3n) is 3.83. The molecule has 0 aliphatic heterocycles. The Hall–Kier alpha value is -2.88. The quantitative estimate of drug-likeness (QED) is 0.709. The van der Waals surface area contributed by atoms with Crippen molar-refractivity contribution in [2.75, 3.05) is 0 Å². The highest BCUT2D eigenvalue weighted by atomic mass is 16.1. The zero-order valence-corrected chi connectivity index (χ0v) is 12.0. The number of carbonyl (C=O) groups excluding carboxylic acids is 2. The smallest absolute Gasteiger partial charge is 0.225 e. The van der Waals surface area contributed by atoms with E-state index in [1.54, 1.807) is 30.5 Å². The number of ketones is 1. The molecular weight excluding hydrogens is 276 g/mol. The maximum Gasteiger partial charge on any atom is 0.225 e. The molecule has 1 amide bonds. The van der Waals surface area contributed by atoms with Crippen LogP contribution in [0.5, 0.6) is 0 Å². The lowest BCUT2D eigenvalue weighted by atomic mass is 9.91. The summed E-state index contributed by atoms with van der Waals surface area (Å²) in [6.45, 7) is 0. The van der Waals surface area contributed by atoms with Gasteiger partial charge in [-0.05, 0) is 11.6 Å². The summed E-state index contributed by atoms with van der Waals surface area (Å²) in [6, 6.07) is 16.6. The molecule has 1 aromatic heterocycles. The van der Waals surface area contributed by atoms with Gasteiger partial charge in [0.05, 0.1) is 5.92 Å². The van der Waals surface area contributed by atoms with E-state index in [0.717, 1.165) is 16.5 Å². The van der Waals surface area contributed by atoms with Crippen molar-refractivity contribution in [3.8, 4) is 0 Å². The number of H-pyrrole nitrogens is 1. The molecule has 3 aromatic rings. The minimum atomic E-state index is -0.635.